The number of hydrogen-bond donors (Lipinski definition) is 0. The normalized spacial score (nSPS) is 12.4. The molecule has 0 amide bonds. The second-order valence-electron chi connectivity index (χ2n) is 18.5. The van der Waals surface area contributed by atoms with E-state index in [1.54, 1.807) is 0 Å². The lowest BCUT2D eigenvalue weighted by Gasteiger charge is -2.18. The van der Waals surface area contributed by atoms with Crippen molar-refractivity contribution < 1.29 is 28.6 Å². The molecule has 1 atom stereocenters. The third-order valence-corrected chi connectivity index (χ3v) is 12.1. The first-order valence-corrected chi connectivity index (χ1v) is 27.6. The van der Waals surface area contributed by atoms with Crippen molar-refractivity contribution in [3.63, 3.8) is 0 Å². The summed E-state index contributed by atoms with van der Waals surface area (Å²) < 4.78 is 16.8. The van der Waals surface area contributed by atoms with Crippen molar-refractivity contribution in [2.24, 2.45) is 0 Å². The smallest absolute Gasteiger partial charge is 0.306 e. The second kappa shape index (κ2) is 53.0. The Morgan fingerprint density at radius 3 is 0.969 bits per heavy atom. The van der Waals surface area contributed by atoms with Gasteiger partial charge in [-0.3, -0.25) is 14.4 Å². The zero-order chi connectivity index (χ0) is 46.5. The minimum atomic E-state index is -0.785. The Labute approximate surface area is 397 Å². The summed E-state index contributed by atoms with van der Waals surface area (Å²) in [5.74, 6) is -0.902. The fourth-order valence-corrected chi connectivity index (χ4v) is 7.92. The molecule has 0 heterocycles. The van der Waals surface area contributed by atoms with Gasteiger partial charge in [0, 0.05) is 19.3 Å². The Morgan fingerprint density at radius 2 is 0.609 bits per heavy atom. The number of carbonyl (C=O) groups excluding carboxylic acids is 3. The summed E-state index contributed by atoms with van der Waals surface area (Å²) in [6, 6.07) is 0. The van der Waals surface area contributed by atoms with E-state index in [1.165, 1.54) is 148 Å². The maximum atomic E-state index is 12.8. The van der Waals surface area contributed by atoms with E-state index in [0.717, 1.165) is 96.3 Å². The number of carbonyl (C=O) groups is 3. The first-order valence-electron chi connectivity index (χ1n) is 27.6. The van der Waals surface area contributed by atoms with Crippen molar-refractivity contribution >= 4 is 17.9 Å². The second-order valence-corrected chi connectivity index (χ2v) is 18.5. The third-order valence-electron chi connectivity index (χ3n) is 12.1. The van der Waals surface area contributed by atoms with Crippen molar-refractivity contribution in [3.05, 3.63) is 48.6 Å². The topological polar surface area (TPSA) is 78.9 Å². The van der Waals surface area contributed by atoms with Crippen molar-refractivity contribution in [2.45, 2.75) is 290 Å². The van der Waals surface area contributed by atoms with Gasteiger partial charge in [0.05, 0.1) is 0 Å². The van der Waals surface area contributed by atoms with Gasteiger partial charge in [-0.2, -0.15) is 0 Å². The van der Waals surface area contributed by atoms with E-state index in [0.29, 0.717) is 19.3 Å². The van der Waals surface area contributed by atoms with Crippen LogP contribution in [0, 0.1) is 0 Å². The Balaban J connectivity index is 4.37. The van der Waals surface area contributed by atoms with Crippen molar-refractivity contribution in [3.8, 4) is 0 Å². The van der Waals surface area contributed by atoms with E-state index in [4.69, 9.17) is 14.2 Å². The van der Waals surface area contributed by atoms with Crippen LogP contribution < -0.4 is 0 Å². The average molecular weight is 897 g/mol. The molecule has 0 aromatic rings. The van der Waals surface area contributed by atoms with Gasteiger partial charge >= 0.3 is 17.9 Å². The van der Waals surface area contributed by atoms with Crippen LogP contribution in [0.4, 0.5) is 0 Å². The van der Waals surface area contributed by atoms with Gasteiger partial charge in [0.1, 0.15) is 13.2 Å². The Hall–Kier alpha value is -2.63. The van der Waals surface area contributed by atoms with E-state index in [2.05, 4.69) is 69.4 Å². The Morgan fingerprint density at radius 1 is 0.328 bits per heavy atom. The minimum Gasteiger partial charge on any atom is -0.462 e. The summed E-state index contributed by atoms with van der Waals surface area (Å²) in [5.41, 5.74) is 0. The summed E-state index contributed by atoms with van der Waals surface area (Å²) in [7, 11) is 0. The molecule has 6 heteroatoms. The molecule has 0 aromatic heterocycles. The molecule has 0 spiro atoms. The third kappa shape index (κ3) is 50.4. The van der Waals surface area contributed by atoms with Gasteiger partial charge in [-0.1, -0.05) is 236 Å². The monoisotopic (exact) mass is 897 g/mol. The highest BCUT2D eigenvalue weighted by atomic mass is 16.6. The van der Waals surface area contributed by atoms with Crippen LogP contribution in [0.1, 0.15) is 284 Å². The van der Waals surface area contributed by atoms with Crippen molar-refractivity contribution in [1.29, 1.82) is 0 Å². The molecule has 372 valence electrons. The van der Waals surface area contributed by atoms with Crippen molar-refractivity contribution in [2.75, 3.05) is 13.2 Å². The van der Waals surface area contributed by atoms with Crippen LogP contribution in [0.5, 0.6) is 0 Å². The highest BCUT2D eigenvalue weighted by Gasteiger charge is 2.19. The van der Waals surface area contributed by atoms with Crippen LogP contribution in [-0.4, -0.2) is 37.2 Å². The molecule has 0 bridgehead atoms. The summed E-state index contributed by atoms with van der Waals surface area (Å²) in [4.78, 5) is 38.1. The van der Waals surface area contributed by atoms with Crippen LogP contribution in [-0.2, 0) is 28.6 Å². The lowest BCUT2D eigenvalue weighted by Crippen LogP contribution is -2.30. The molecule has 0 saturated carbocycles. The predicted molar refractivity (Wildman–Crippen MR) is 275 cm³/mol. The molecule has 0 rings (SSSR count). The summed E-state index contributed by atoms with van der Waals surface area (Å²) in [5, 5.41) is 0. The van der Waals surface area contributed by atoms with Gasteiger partial charge in [-0.25, -0.2) is 0 Å². The van der Waals surface area contributed by atoms with E-state index in [1.807, 2.05) is 0 Å². The van der Waals surface area contributed by atoms with Gasteiger partial charge in [-0.15, -0.1) is 0 Å². The fraction of sp³-hybridized carbons (Fsp3) is 0.810. The maximum absolute atomic E-state index is 12.8. The first-order chi connectivity index (χ1) is 31.5. The molecule has 0 radical (unpaired) electrons. The van der Waals surface area contributed by atoms with Crippen LogP contribution in [0.15, 0.2) is 48.6 Å². The summed E-state index contributed by atoms with van der Waals surface area (Å²) in [6.07, 6.45) is 63.8. The number of unbranched alkanes of at least 4 members (excludes halogenated alkanes) is 31. The fourth-order valence-electron chi connectivity index (χ4n) is 7.92. The van der Waals surface area contributed by atoms with Crippen molar-refractivity contribution in [1.82, 2.24) is 0 Å². The van der Waals surface area contributed by atoms with Gasteiger partial charge in [0.25, 0.3) is 0 Å². The molecule has 64 heavy (non-hydrogen) atoms. The largest absolute Gasteiger partial charge is 0.462 e. The molecule has 0 saturated heterocycles. The molecule has 0 aromatic carbocycles. The zero-order valence-electron chi connectivity index (χ0n) is 42.6. The molecular formula is C58H104O6. The molecule has 0 N–H and O–H groups in total. The summed E-state index contributed by atoms with van der Waals surface area (Å²) in [6.45, 7) is 6.53. The highest BCUT2D eigenvalue weighted by molar-refractivity contribution is 5.71. The number of rotatable bonds is 50. The highest BCUT2D eigenvalue weighted by Crippen LogP contribution is 2.16. The lowest BCUT2D eigenvalue weighted by molar-refractivity contribution is -0.167. The lowest BCUT2D eigenvalue weighted by atomic mass is 10.0. The average Bonchev–Trinajstić information content (AvgIpc) is 3.29. The molecule has 1 unspecified atom stereocenters. The van der Waals surface area contributed by atoms with Crippen LogP contribution in [0.25, 0.3) is 0 Å². The van der Waals surface area contributed by atoms with Gasteiger partial charge in [-0.05, 0) is 77.0 Å². The quantitative estimate of drug-likeness (QED) is 0.0262. The zero-order valence-corrected chi connectivity index (χ0v) is 42.6. The molecule has 0 aliphatic heterocycles. The van der Waals surface area contributed by atoms with E-state index in [-0.39, 0.29) is 31.1 Å². The molecule has 0 aliphatic rings. The number of hydrogen-bond acceptors (Lipinski definition) is 6. The molecule has 0 aliphatic carbocycles. The molecule has 6 nitrogen and oxygen atoms in total. The standard InChI is InChI=1S/C58H104O6/c1-4-7-10-13-16-19-22-25-28-29-30-31-34-36-39-42-45-48-51-57(60)63-54-55(64-58(61)52-49-46-43-40-37-33-27-24-21-18-15-12-9-6-3)53-62-56(59)50-47-44-41-38-35-32-26-23-20-17-14-11-8-5-2/h9,12,18,21,27,30-31,33,55H,4-8,10-11,13-17,19-20,22-26,28-29,32,34-54H2,1-3H3/b12-9-,21-18-,31-30-,33-27-. The summed E-state index contributed by atoms with van der Waals surface area (Å²) >= 11 is 0. The van der Waals surface area contributed by atoms with E-state index in [9.17, 15) is 14.4 Å². The van der Waals surface area contributed by atoms with Crippen LogP contribution in [0.3, 0.4) is 0 Å². The van der Waals surface area contributed by atoms with Gasteiger partial charge in [0.15, 0.2) is 6.10 Å². The Kier molecular flexibility index (Phi) is 50.8. The van der Waals surface area contributed by atoms with Crippen LogP contribution >= 0.6 is 0 Å². The van der Waals surface area contributed by atoms with Gasteiger partial charge in [0.2, 0.25) is 0 Å². The van der Waals surface area contributed by atoms with Gasteiger partial charge < -0.3 is 14.2 Å². The molecular weight excluding hydrogens is 793 g/mol. The first kappa shape index (κ1) is 61.4. The Bertz CT molecular complexity index is 1120. The maximum Gasteiger partial charge on any atom is 0.306 e. The molecule has 0 fully saturated rings. The SMILES string of the molecule is CC/C=C\C/C=C\C/C=C\CCCCCCC(=O)OC(COC(=O)CCCCCCC/C=C\CCCCCCCCCCC)COC(=O)CCCCCCCCCCCCCCCC. The predicted octanol–water partition coefficient (Wildman–Crippen LogP) is 18.3. The van der Waals surface area contributed by atoms with E-state index >= 15 is 0 Å². The number of allylic oxidation sites excluding steroid dienone is 8. The van der Waals surface area contributed by atoms with Crippen LogP contribution in [0.2, 0.25) is 0 Å². The number of esters is 3. The van der Waals surface area contributed by atoms with E-state index < -0.39 is 6.10 Å². The number of ether oxygens (including phenoxy) is 3. The minimum absolute atomic E-state index is 0.0823.